The fourth-order valence-electron chi connectivity index (χ4n) is 6.60. The Kier molecular flexibility index (Phi) is 9.34. The summed E-state index contributed by atoms with van der Waals surface area (Å²) in [6.45, 7) is 5.59. The smallest absolute Gasteiger partial charge is 0.417 e. The van der Waals surface area contributed by atoms with E-state index in [1.54, 1.807) is 18.3 Å². The van der Waals surface area contributed by atoms with Crippen LogP contribution in [0.3, 0.4) is 0 Å². The second kappa shape index (κ2) is 12.4. The number of carboxylic acids is 1. The average molecular weight is 593 g/mol. The van der Waals surface area contributed by atoms with E-state index >= 15 is 0 Å². The molecule has 1 saturated heterocycles. The van der Waals surface area contributed by atoms with Gasteiger partial charge in [-0.25, -0.2) is 14.8 Å². The van der Waals surface area contributed by atoms with Gasteiger partial charge >= 0.3 is 12.1 Å². The summed E-state index contributed by atoms with van der Waals surface area (Å²) >= 11 is 0. The zero-order valence-electron chi connectivity index (χ0n) is 24.6. The van der Waals surface area contributed by atoms with Crippen LogP contribution in [0, 0.1) is 17.3 Å². The third-order valence-electron chi connectivity index (χ3n) is 8.42. The average Bonchev–Trinajstić information content (AvgIpc) is 3.31. The largest absolute Gasteiger partial charge is 0.481 e. The monoisotopic (exact) mass is 592 g/mol. The number of hydrogen-bond acceptors (Lipinski definition) is 7. The first-order valence-electron chi connectivity index (χ1n) is 14.2. The number of rotatable bonds is 8. The molecule has 9 nitrogen and oxygen atoms in total. The van der Waals surface area contributed by atoms with Crippen LogP contribution >= 0.6 is 0 Å². The molecule has 4 rings (SSSR count). The number of amides is 1. The van der Waals surface area contributed by atoms with Crippen molar-refractivity contribution in [3.05, 3.63) is 47.3 Å². The maximum absolute atomic E-state index is 14.3. The van der Waals surface area contributed by atoms with Crippen LogP contribution in [-0.2, 0) is 22.3 Å². The van der Waals surface area contributed by atoms with Gasteiger partial charge in [-0.3, -0.25) is 4.79 Å². The van der Waals surface area contributed by atoms with Gasteiger partial charge in [-0.2, -0.15) is 13.2 Å². The van der Waals surface area contributed by atoms with E-state index in [2.05, 4.69) is 15.3 Å². The van der Waals surface area contributed by atoms with Gasteiger partial charge in [-0.1, -0.05) is 40.0 Å². The van der Waals surface area contributed by atoms with Crippen molar-refractivity contribution >= 4 is 11.9 Å². The van der Waals surface area contributed by atoms with Crippen LogP contribution in [0.25, 0.3) is 0 Å². The molecule has 0 aromatic carbocycles. The molecule has 230 valence electrons. The summed E-state index contributed by atoms with van der Waals surface area (Å²) in [5.41, 5.74) is -0.886. The first-order chi connectivity index (χ1) is 19.8. The van der Waals surface area contributed by atoms with E-state index < -0.39 is 47.2 Å². The minimum Gasteiger partial charge on any atom is -0.481 e. The number of aromatic nitrogens is 2. The van der Waals surface area contributed by atoms with Gasteiger partial charge in [-0.05, 0) is 36.5 Å². The Bertz CT molecular complexity index is 1280. The predicted octanol–water partition coefficient (Wildman–Crippen LogP) is 5.25. The third-order valence-corrected chi connectivity index (χ3v) is 8.42. The van der Waals surface area contributed by atoms with Crippen molar-refractivity contribution in [2.45, 2.75) is 83.7 Å². The van der Waals surface area contributed by atoms with Gasteiger partial charge in [0.25, 0.3) is 0 Å². The molecule has 1 aliphatic carbocycles. The van der Waals surface area contributed by atoms with E-state index in [0.29, 0.717) is 24.6 Å². The molecule has 0 spiro atoms. The number of hydrogen-bond donors (Lipinski definition) is 2. The number of pyridine rings is 2. The molecule has 12 heteroatoms. The van der Waals surface area contributed by atoms with Crippen molar-refractivity contribution in [1.29, 1.82) is 0 Å². The first kappa shape index (κ1) is 31.5. The van der Waals surface area contributed by atoms with Crippen molar-refractivity contribution in [2.75, 3.05) is 14.2 Å². The fraction of sp³-hybridized carbons (Fsp3) is 0.600. The van der Waals surface area contributed by atoms with Crippen LogP contribution in [0.4, 0.5) is 13.2 Å². The van der Waals surface area contributed by atoms with Gasteiger partial charge in [-0.15, -0.1) is 0 Å². The first-order valence-corrected chi connectivity index (χ1v) is 14.2. The fourth-order valence-corrected chi connectivity index (χ4v) is 6.60. The Hall–Kier alpha value is -3.41. The molecule has 2 N–H and O–H groups in total. The van der Waals surface area contributed by atoms with Gasteiger partial charge < -0.3 is 24.8 Å². The van der Waals surface area contributed by atoms with E-state index in [4.69, 9.17) is 9.47 Å². The highest BCUT2D eigenvalue weighted by Gasteiger charge is 2.59. The van der Waals surface area contributed by atoms with Gasteiger partial charge in [0.15, 0.2) is 0 Å². The summed E-state index contributed by atoms with van der Waals surface area (Å²) in [4.78, 5) is 37.0. The highest BCUT2D eigenvalue weighted by molar-refractivity contribution is 5.87. The van der Waals surface area contributed by atoms with E-state index in [1.165, 1.54) is 19.1 Å². The van der Waals surface area contributed by atoms with Gasteiger partial charge in [0.1, 0.15) is 6.04 Å². The molecule has 0 bridgehead atoms. The summed E-state index contributed by atoms with van der Waals surface area (Å²) in [6, 6.07) is 1.70. The number of likely N-dealkylation sites (tertiary alicyclic amines) is 1. The standard InChI is InChI=1S/C30H39F3N4O5/c1-29(2,3)21-22(35-15-18-14-19(30(31,32)33)16-36-25(18)41-4)23(20-12-9-13-34-26(20)42-5)37(24(21)28(39)40)27(38)17-10-7-6-8-11-17/h9,12-14,16-17,21-24,35H,6-8,10-11,15H2,1-5H3,(H,39,40)/t21-,22-,23-,24-/m0/s1. The minimum atomic E-state index is -4.61. The number of methoxy groups -OCH3 is 2. The van der Waals surface area contributed by atoms with E-state index in [1.807, 2.05) is 20.8 Å². The van der Waals surface area contributed by atoms with Gasteiger partial charge in [0.05, 0.1) is 25.8 Å². The summed E-state index contributed by atoms with van der Waals surface area (Å²) in [6.07, 6.45) is 1.78. The molecule has 3 heterocycles. The molecule has 42 heavy (non-hydrogen) atoms. The normalized spacial score (nSPS) is 23.6. The molecular weight excluding hydrogens is 553 g/mol. The Morgan fingerprint density at radius 1 is 1.07 bits per heavy atom. The molecule has 2 fully saturated rings. The molecule has 0 unspecified atom stereocenters. The highest BCUT2D eigenvalue weighted by Crippen LogP contribution is 2.50. The Balaban J connectivity index is 1.86. The highest BCUT2D eigenvalue weighted by atomic mass is 19.4. The number of carbonyl (C=O) groups is 2. The molecule has 1 aliphatic heterocycles. The lowest BCUT2D eigenvalue weighted by Gasteiger charge is -2.36. The van der Waals surface area contributed by atoms with Crippen LogP contribution in [0.1, 0.15) is 75.6 Å². The number of nitrogens with one attached hydrogen (secondary N) is 1. The second-order valence-electron chi connectivity index (χ2n) is 12.1. The van der Waals surface area contributed by atoms with E-state index in [0.717, 1.165) is 25.3 Å². The molecule has 2 aromatic rings. The predicted molar refractivity (Wildman–Crippen MR) is 148 cm³/mol. The quantitative estimate of drug-likeness (QED) is 0.427. The summed E-state index contributed by atoms with van der Waals surface area (Å²) in [5, 5.41) is 14.0. The van der Waals surface area contributed by atoms with Crippen molar-refractivity contribution in [3.63, 3.8) is 0 Å². The van der Waals surface area contributed by atoms with Crippen molar-refractivity contribution in [2.24, 2.45) is 17.3 Å². The summed E-state index contributed by atoms with van der Waals surface area (Å²) < 4.78 is 51.5. The molecule has 1 saturated carbocycles. The lowest BCUT2D eigenvalue weighted by molar-refractivity contribution is -0.154. The van der Waals surface area contributed by atoms with E-state index in [9.17, 15) is 27.9 Å². The Morgan fingerprint density at radius 2 is 1.74 bits per heavy atom. The van der Waals surface area contributed by atoms with Crippen LogP contribution in [-0.4, -0.2) is 58.2 Å². The maximum atomic E-state index is 14.3. The molecule has 2 aliphatic rings. The van der Waals surface area contributed by atoms with Crippen molar-refractivity contribution in [3.8, 4) is 11.8 Å². The zero-order valence-corrected chi connectivity index (χ0v) is 24.6. The topological polar surface area (TPSA) is 114 Å². The van der Waals surface area contributed by atoms with Crippen molar-refractivity contribution < 1.29 is 37.3 Å². The van der Waals surface area contributed by atoms with Crippen LogP contribution < -0.4 is 14.8 Å². The Morgan fingerprint density at radius 3 is 2.31 bits per heavy atom. The van der Waals surface area contributed by atoms with Crippen molar-refractivity contribution in [1.82, 2.24) is 20.2 Å². The van der Waals surface area contributed by atoms with Gasteiger partial charge in [0.2, 0.25) is 17.7 Å². The van der Waals surface area contributed by atoms with Crippen LogP contribution in [0.2, 0.25) is 0 Å². The lowest BCUT2D eigenvalue weighted by atomic mass is 9.72. The van der Waals surface area contributed by atoms with Crippen LogP contribution in [0.5, 0.6) is 11.8 Å². The maximum Gasteiger partial charge on any atom is 0.417 e. The van der Waals surface area contributed by atoms with E-state index in [-0.39, 0.29) is 35.7 Å². The SMILES string of the molecule is COc1ncc(C(F)(F)F)cc1CN[C@H]1[C@H](C(C)(C)C)[C@@H](C(=O)O)N(C(=O)C2CCCCC2)[C@H]1c1cccnc1OC. The number of ether oxygens (including phenoxy) is 2. The molecular formula is C30H39F3N4O5. The second-order valence-corrected chi connectivity index (χ2v) is 12.1. The van der Waals surface area contributed by atoms with Gasteiger partial charge in [0, 0.05) is 47.9 Å². The minimum absolute atomic E-state index is 0.0150. The number of nitrogens with zero attached hydrogens (tertiary/aromatic N) is 3. The number of alkyl halides is 3. The molecule has 1 amide bonds. The molecule has 2 aromatic heterocycles. The summed E-state index contributed by atoms with van der Waals surface area (Å²) in [5.74, 6) is -2.08. The molecule has 4 atom stereocenters. The number of halogens is 3. The number of carboxylic acid groups (broad SMARTS) is 1. The van der Waals surface area contributed by atoms with Crippen LogP contribution in [0.15, 0.2) is 30.6 Å². The summed E-state index contributed by atoms with van der Waals surface area (Å²) in [7, 11) is 2.77. The number of aliphatic carboxylic acids is 1. The lowest BCUT2D eigenvalue weighted by Crippen LogP contribution is -2.49. The number of carbonyl (C=O) groups excluding carboxylic acids is 1. The molecule has 0 radical (unpaired) electrons. The third kappa shape index (κ3) is 6.33. The Labute approximate surface area is 243 Å². The zero-order chi connectivity index (χ0) is 30.8.